The molecule has 1 unspecified atom stereocenters. The predicted octanol–water partition coefficient (Wildman–Crippen LogP) is 2.46. The average molecular weight is 267 g/mol. The number of thioether (sulfide) groups is 1. The Bertz CT molecular complexity index is 475. The summed E-state index contributed by atoms with van der Waals surface area (Å²) in [7, 11) is 1.56. The summed E-state index contributed by atoms with van der Waals surface area (Å²) in [5.41, 5.74) is 0.608. The maximum Gasteiger partial charge on any atom is 0.327 e. The second-order valence-electron chi connectivity index (χ2n) is 3.92. The zero-order valence-electron chi connectivity index (χ0n) is 10.2. The summed E-state index contributed by atoms with van der Waals surface area (Å²) in [6.07, 6.45) is 0. The van der Waals surface area contributed by atoms with Crippen LogP contribution in [-0.2, 0) is 0 Å². The van der Waals surface area contributed by atoms with E-state index < -0.39 is 0 Å². The molecule has 96 valence electrons. The van der Waals surface area contributed by atoms with Crippen molar-refractivity contribution >= 4 is 28.6 Å². The van der Waals surface area contributed by atoms with Gasteiger partial charge in [0, 0.05) is 12.3 Å². The summed E-state index contributed by atoms with van der Waals surface area (Å²) < 4.78 is 12.9. The van der Waals surface area contributed by atoms with Crippen LogP contribution >= 0.6 is 11.8 Å². The molecule has 6 heteroatoms. The van der Waals surface area contributed by atoms with Gasteiger partial charge >= 0.3 is 6.03 Å². The van der Waals surface area contributed by atoms with Gasteiger partial charge in [-0.1, -0.05) is 18.7 Å². The fourth-order valence-corrected chi connectivity index (χ4v) is 2.55. The number of carbonyl (C=O) groups excluding carboxylic acids is 1. The number of amidine groups is 1. The molecule has 1 aromatic carbocycles. The second kappa shape index (κ2) is 5.39. The highest BCUT2D eigenvalue weighted by molar-refractivity contribution is 8.15. The minimum atomic E-state index is -0.329. The van der Waals surface area contributed by atoms with Crippen LogP contribution in [-0.4, -0.2) is 30.0 Å². The molecule has 4 nitrogen and oxygen atoms in total. The van der Waals surface area contributed by atoms with Gasteiger partial charge in [0.15, 0.2) is 5.17 Å². The fourth-order valence-electron chi connectivity index (χ4n) is 1.60. The smallest absolute Gasteiger partial charge is 0.327 e. The number of anilines is 1. The maximum absolute atomic E-state index is 12.9. The van der Waals surface area contributed by atoms with Gasteiger partial charge in [0.1, 0.15) is 5.82 Å². The van der Waals surface area contributed by atoms with Gasteiger partial charge in [0.05, 0.1) is 12.2 Å². The molecule has 0 aliphatic carbocycles. The standard InChI is InChI=1S/C12H14FN3OS/c1-8-7-15-12(18-8)16(11(17)14-2)10-5-3-9(13)4-6-10/h3-6,8H,7H2,1-2H3,(H,14,17). The van der Waals surface area contributed by atoms with Crippen molar-refractivity contribution in [1.82, 2.24) is 5.32 Å². The van der Waals surface area contributed by atoms with Crippen LogP contribution in [0.3, 0.4) is 0 Å². The number of hydrogen-bond acceptors (Lipinski definition) is 3. The third-order valence-electron chi connectivity index (χ3n) is 2.48. The number of urea groups is 1. The Kier molecular flexibility index (Phi) is 3.86. The monoisotopic (exact) mass is 267 g/mol. The van der Waals surface area contributed by atoms with Crippen molar-refractivity contribution in [2.24, 2.45) is 4.99 Å². The van der Waals surface area contributed by atoms with Gasteiger partial charge in [-0.3, -0.25) is 4.99 Å². The molecule has 2 amide bonds. The van der Waals surface area contributed by atoms with E-state index in [0.29, 0.717) is 22.6 Å². The Hall–Kier alpha value is -1.56. The predicted molar refractivity (Wildman–Crippen MR) is 72.7 cm³/mol. The van der Waals surface area contributed by atoms with Crippen molar-refractivity contribution in [2.45, 2.75) is 12.2 Å². The van der Waals surface area contributed by atoms with Gasteiger partial charge in [-0.25, -0.2) is 14.1 Å². The second-order valence-corrected chi connectivity index (χ2v) is 5.32. The first kappa shape index (κ1) is 12.9. The average Bonchev–Trinajstić information content (AvgIpc) is 2.78. The number of halogens is 1. The van der Waals surface area contributed by atoms with Crippen molar-refractivity contribution in [1.29, 1.82) is 0 Å². The van der Waals surface area contributed by atoms with E-state index in [1.807, 2.05) is 6.92 Å². The van der Waals surface area contributed by atoms with Crippen LogP contribution in [0.5, 0.6) is 0 Å². The molecular weight excluding hydrogens is 253 g/mol. The van der Waals surface area contributed by atoms with Gasteiger partial charge in [0.25, 0.3) is 0 Å². The molecule has 1 heterocycles. The summed E-state index contributed by atoms with van der Waals surface area (Å²) in [5.74, 6) is -0.329. The van der Waals surface area contributed by atoms with Crippen LogP contribution < -0.4 is 10.2 Å². The van der Waals surface area contributed by atoms with Crippen LogP contribution in [0.4, 0.5) is 14.9 Å². The van der Waals surface area contributed by atoms with E-state index >= 15 is 0 Å². The first-order chi connectivity index (χ1) is 8.61. The molecule has 0 spiro atoms. The molecule has 0 fully saturated rings. The number of nitrogens with zero attached hydrogens (tertiary/aromatic N) is 2. The Morgan fingerprint density at radius 2 is 2.17 bits per heavy atom. The summed E-state index contributed by atoms with van der Waals surface area (Å²) in [4.78, 5) is 17.7. The van der Waals surface area contributed by atoms with E-state index in [-0.39, 0.29) is 11.8 Å². The topological polar surface area (TPSA) is 44.7 Å². The molecule has 1 N–H and O–H groups in total. The normalized spacial score (nSPS) is 18.4. The number of carbonyl (C=O) groups is 1. The Morgan fingerprint density at radius 3 is 2.67 bits per heavy atom. The van der Waals surface area contributed by atoms with Crippen LogP contribution in [0.25, 0.3) is 0 Å². The molecular formula is C12H14FN3OS. The van der Waals surface area contributed by atoms with Crippen molar-refractivity contribution in [3.8, 4) is 0 Å². The van der Waals surface area contributed by atoms with Gasteiger partial charge in [-0.05, 0) is 24.3 Å². The summed E-state index contributed by atoms with van der Waals surface area (Å²) in [6, 6.07) is 5.51. The Morgan fingerprint density at radius 1 is 1.50 bits per heavy atom. The highest BCUT2D eigenvalue weighted by Gasteiger charge is 2.26. The third kappa shape index (κ3) is 2.64. The summed E-state index contributed by atoms with van der Waals surface area (Å²) in [6.45, 7) is 2.74. The van der Waals surface area contributed by atoms with Crippen LogP contribution in [0.1, 0.15) is 6.92 Å². The highest BCUT2D eigenvalue weighted by Crippen LogP contribution is 2.27. The minimum absolute atomic E-state index is 0.276. The summed E-state index contributed by atoms with van der Waals surface area (Å²) >= 11 is 1.54. The Labute approximate surface area is 109 Å². The zero-order valence-corrected chi connectivity index (χ0v) is 11.0. The molecule has 1 aromatic rings. The van der Waals surface area contributed by atoms with Crippen molar-refractivity contribution in [2.75, 3.05) is 18.5 Å². The van der Waals surface area contributed by atoms with E-state index in [1.54, 1.807) is 19.2 Å². The molecule has 0 bridgehead atoms. The van der Waals surface area contributed by atoms with E-state index in [4.69, 9.17) is 0 Å². The molecule has 0 radical (unpaired) electrons. The molecule has 18 heavy (non-hydrogen) atoms. The van der Waals surface area contributed by atoms with Crippen molar-refractivity contribution in [3.63, 3.8) is 0 Å². The van der Waals surface area contributed by atoms with E-state index in [9.17, 15) is 9.18 Å². The van der Waals surface area contributed by atoms with Gasteiger partial charge in [0.2, 0.25) is 0 Å². The number of hydrogen-bond donors (Lipinski definition) is 1. The first-order valence-electron chi connectivity index (χ1n) is 5.60. The van der Waals surface area contributed by atoms with E-state index in [2.05, 4.69) is 10.3 Å². The molecule has 1 atom stereocenters. The highest BCUT2D eigenvalue weighted by atomic mass is 32.2. The molecule has 0 saturated carbocycles. The fraction of sp³-hybridized carbons (Fsp3) is 0.333. The molecule has 0 saturated heterocycles. The number of aliphatic imine (C=N–C) groups is 1. The molecule has 0 aromatic heterocycles. The minimum Gasteiger partial charge on any atom is -0.340 e. The molecule has 1 aliphatic rings. The number of amides is 2. The lowest BCUT2D eigenvalue weighted by atomic mass is 10.3. The molecule has 2 rings (SSSR count). The number of nitrogens with one attached hydrogen (secondary N) is 1. The maximum atomic E-state index is 12.9. The SMILES string of the molecule is CNC(=O)N(C1=NCC(C)S1)c1ccc(F)cc1. The lowest BCUT2D eigenvalue weighted by Crippen LogP contribution is -2.41. The van der Waals surface area contributed by atoms with E-state index in [1.165, 1.54) is 28.8 Å². The zero-order chi connectivity index (χ0) is 13.1. The Balaban J connectivity index is 2.31. The lowest BCUT2D eigenvalue weighted by Gasteiger charge is -2.21. The van der Waals surface area contributed by atoms with Crippen LogP contribution in [0.15, 0.2) is 29.3 Å². The summed E-state index contributed by atoms with van der Waals surface area (Å²) in [5, 5.41) is 3.57. The number of rotatable bonds is 1. The lowest BCUT2D eigenvalue weighted by molar-refractivity contribution is 0.251. The van der Waals surface area contributed by atoms with Gasteiger partial charge in [-0.2, -0.15) is 0 Å². The molecule has 1 aliphatic heterocycles. The van der Waals surface area contributed by atoms with Gasteiger partial charge < -0.3 is 5.32 Å². The van der Waals surface area contributed by atoms with Gasteiger partial charge in [-0.15, -0.1) is 0 Å². The first-order valence-corrected chi connectivity index (χ1v) is 6.48. The van der Waals surface area contributed by atoms with Crippen LogP contribution in [0.2, 0.25) is 0 Å². The third-order valence-corrected chi connectivity index (χ3v) is 3.56. The largest absolute Gasteiger partial charge is 0.340 e. The van der Waals surface area contributed by atoms with Crippen LogP contribution in [0, 0.1) is 5.82 Å². The van der Waals surface area contributed by atoms with Crippen molar-refractivity contribution in [3.05, 3.63) is 30.1 Å². The van der Waals surface area contributed by atoms with Crippen molar-refractivity contribution < 1.29 is 9.18 Å². The quantitative estimate of drug-likeness (QED) is 0.849. The van der Waals surface area contributed by atoms with E-state index in [0.717, 1.165) is 0 Å². The number of benzene rings is 1.